The highest BCUT2D eigenvalue weighted by Gasteiger charge is 2.43. The number of piperidine rings is 1. The molecule has 36 heavy (non-hydrogen) atoms. The first-order chi connectivity index (χ1) is 17.4. The van der Waals surface area contributed by atoms with E-state index in [2.05, 4.69) is 35.8 Å². The van der Waals surface area contributed by atoms with Crippen LogP contribution in [0.1, 0.15) is 79.8 Å². The summed E-state index contributed by atoms with van der Waals surface area (Å²) in [5.74, 6) is -0.367. The Labute approximate surface area is 213 Å². The van der Waals surface area contributed by atoms with Crippen LogP contribution in [-0.2, 0) is 35.5 Å². The van der Waals surface area contributed by atoms with Crippen molar-refractivity contribution in [3.63, 3.8) is 0 Å². The highest BCUT2D eigenvalue weighted by atomic mass is 16.5. The van der Waals surface area contributed by atoms with Crippen molar-refractivity contribution in [3.8, 4) is 0 Å². The number of carbonyl (C=O) groups is 2. The zero-order chi connectivity index (χ0) is 24.9. The molecule has 6 nitrogen and oxygen atoms in total. The van der Waals surface area contributed by atoms with Crippen LogP contribution in [0, 0.1) is 13.8 Å². The number of fused-ring (bicyclic) bond motifs is 2. The van der Waals surface area contributed by atoms with Gasteiger partial charge in [-0.25, -0.2) is 9.59 Å². The van der Waals surface area contributed by atoms with Crippen molar-refractivity contribution in [1.82, 2.24) is 9.80 Å². The molecular weight excluding hydrogens is 452 g/mol. The van der Waals surface area contributed by atoms with Gasteiger partial charge in [-0.3, -0.25) is 4.90 Å². The van der Waals surface area contributed by atoms with Crippen LogP contribution >= 0.6 is 0 Å². The van der Waals surface area contributed by atoms with E-state index in [4.69, 9.17) is 9.47 Å². The van der Waals surface area contributed by atoms with Crippen molar-refractivity contribution < 1.29 is 19.1 Å². The summed E-state index contributed by atoms with van der Waals surface area (Å²) >= 11 is 0. The first kappa shape index (κ1) is 23.7. The Morgan fingerprint density at radius 3 is 1.94 bits per heavy atom. The minimum atomic E-state index is -0.184. The Morgan fingerprint density at radius 1 is 0.778 bits per heavy atom. The number of hydrogen-bond acceptors (Lipinski definition) is 6. The molecule has 4 aliphatic heterocycles. The van der Waals surface area contributed by atoms with Gasteiger partial charge < -0.3 is 14.4 Å². The first-order valence-corrected chi connectivity index (χ1v) is 13.5. The lowest BCUT2D eigenvalue weighted by Gasteiger charge is -2.46. The van der Waals surface area contributed by atoms with Crippen LogP contribution in [0.3, 0.4) is 0 Å². The van der Waals surface area contributed by atoms with Gasteiger partial charge in [0.15, 0.2) is 0 Å². The van der Waals surface area contributed by atoms with Gasteiger partial charge in [0.2, 0.25) is 0 Å². The SMILES string of the molecule is Cc1c(CCN2CCCC3(CCCN3CCc3ccc4c(c3C)COC4=O)C2)ccc2c1COC2=O. The van der Waals surface area contributed by atoms with E-state index in [1.54, 1.807) is 0 Å². The minimum absolute atomic E-state index is 0.183. The molecule has 1 unspecified atom stereocenters. The normalized spacial score (nSPS) is 23.7. The molecule has 2 aromatic carbocycles. The second-order valence-electron chi connectivity index (χ2n) is 11.1. The number of hydrogen-bond donors (Lipinski definition) is 0. The zero-order valence-electron chi connectivity index (χ0n) is 21.5. The number of rotatable bonds is 6. The largest absolute Gasteiger partial charge is 0.457 e. The predicted octanol–water partition coefficient (Wildman–Crippen LogP) is 4.36. The highest BCUT2D eigenvalue weighted by Crippen LogP contribution is 2.38. The number of benzene rings is 2. The topological polar surface area (TPSA) is 59.1 Å². The van der Waals surface area contributed by atoms with Crippen LogP contribution in [0.2, 0.25) is 0 Å². The second-order valence-corrected chi connectivity index (χ2v) is 11.1. The summed E-state index contributed by atoms with van der Waals surface area (Å²) in [5.41, 5.74) is 9.07. The number of nitrogens with zero attached hydrogens (tertiary/aromatic N) is 2. The average Bonchev–Trinajstić information content (AvgIpc) is 3.56. The molecule has 0 N–H and O–H groups in total. The van der Waals surface area contributed by atoms with Gasteiger partial charge >= 0.3 is 11.9 Å². The summed E-state index contributed by atoms with van der Waals surface area (Å²) in [6, 6.07) is 8.17. The molecule has 0 aliphatic carbocycles. The van der Waals surface area contributed by atoms with Crippen LogP contribution < -0.4 is 0 Å². The maximum absolute atomic E-state index is 11.9. The molecule has 0 radical (unpaired) electrons. The van der Waals surface area contributed by atoms with E-state index in [0.29, 0.717) is 13.2 Å². The summed E-state index contributed by atoms with van der Waals surface area (Å²) in [5, 5.41) is 0. The van der Waals surface area contributed by atoms with Crippen LogP contribution in [0.25, 0.3) is 0 Å². The molecule has 1 atom stereocenters. The van der Waals surface area contributed by atoms with Crippen molar-refractivity contribution in [2.24, 2.45) is 0 Å². The lowest BCUT2D eigenvalue weighted by Crippen LogP contribution is -2.56. The van der Waals surface area contributed by atoms with Gasteiger partial charge in [-0.15, -0.1) is 0 Å². The number of esters is 2. The lowest BCUT2D eigenvalue weighted by molar-refractivity contribution is 0.0425. The van der Waals surface area contributed by atoms with E-state index in [9.17, 15) is 9.59 Å². The zero-order valence-corrected chi connectivity index (χ0v) is 21.5. The summed E-state index contributed by atoms with van der Waals surface area (Å²) < 4.78 is 10.5. The van der Waals surface area contributed by atoms with Gasteiger partial charge in [-0.1, -0.05) is 12.1 Å². The van der Waals surface area contributed by atoms with Gasteiger partial charge in [0.05, 0.1) is 11.1 Å². The molecule has 6 rings (SSSR count). The molecule has 190 valence electrons. The molecule has 6 heteroatoms. The van der Waals surface area contributed by atoms with Gasteiger partial charge in [0.1, 0.15) is 13.2 Å². The lowest BCUT2D eigenvalue weighted by atomic mass is 9.85. The molecule has 1 spiro atoms. The Kier molecular flexibility index (Phi) is 6.12. The molecule has 4 heterocycles. The smallest absolute Gasteiger partial charge is 0.338 e. The third-order valence-electron chi connectivity index (χ3n) is 9.28. The van der Waals surface area contributed by atoms with Crippen molar-refractivity contribution >= 4 is 11.9 Å². The molecule has 2 saturated heterocycles. The van der Waals surface area contributed by atoms with Crippen LogP contribution in [0.4, 0.5) is 0 Å². The van der Waals surface area contributed by atoms with E-state index in [0.717, 1.165) is 54.7 Å². The molecule has 0 saturated carbocycles. The Balaban J connectivity index is 1.10. The number of ether oxygens (including phenoxy) is 2. The fourth-order valence-electron chi connectivity index (χ4n) is 7.07. The monoisotopic (exact) mass is 488 g/mol. The van der Waals surface area contributed by atoms with E-state index in [-0.39, 0.29) is 17.5 Å². The molecule has 2 aromatic rings. The highest BCUT2D eigenvalue weighted by molar-refractivity contribution is 5.94. The number of cyclic esters (lactones) is 2. The van der Waals surface area contributed by atoms with Crippen LogP contribution in [-0.4, -0.2) is 60.0 Å². The minimum Gasteiger partial charge on any atom is -0.457 e. The molecule has 0 bridgehead atoms. The van der Waals surface area contributed by atoms with E-state index in [1.165, 1.54) is 61.0 Å². The Bertz CT molecular complexity index is 1220. The fourth-order valence-corrected chi connectivity index (χ4v) is 7.07. The van der Waals surface area contributed by atoms with Gasteiger partial charge in [0.25, 0.3) is 0 Å². The summed E-state index contributed by atoms with van der Waals surface area (Å²) in [4.78, 5) is 29.2. The van der Waals surface area contributed by atoms with E-state index < -0.39 is 0 Å². The standard InChI is InChI=1S/C30H36N2O4/c1-20-22(5-7-24-26(20)17-35-28(24)33)9-15-31-13-3-11-30(19-31)12-4-14-32(30)16-10-23-6-8-25-27(21(23)2)18-36-29(25)34/h5-8H,3-4,9-19H2,1-2H3. The number of likely N-dealkylation sites (tertiary alicyclic amines) is 2. The molecule has 0 aromatic heterocycles. The fraction of sp³-hybridized carbons (Fsp3) is 0.533. The van der Waals surface area contributed by atoms with E-state index in [1.807, 2.05) is 12.1 Å². The summed E-state index contributed by atoms with van der Waals surface area (Å²) in [6.45, 7) is 10.7. The van der Waals surface area contributed by atoms with Gasteiger partial charge in [-0.2, -0.15) is 0 Å². The Morgan fingerprint density at radius 2 is 1.33 bits per heavy atom. The first-order valence-electron chi connectivity index (χ1n) is 13.5. The molecule has 4 aliphatic rings. The second kappa shape index (κ2) is 9.31. The predicted molar refractivity (Wildman–Crippen MR) is 137 cm³/mol. The molecule has 0 amide bonds. The molecule has 2 fully saturated rings. The van der Waals surface area contributed by atoms with Crippen molar-refractivity contribution in [1.29, 1.82) is 0 Å². The van der Waals surface area contributed by atoms with Crippen molar-refractivity contribution in [3.05, 3.63) is 68.8 Å². The van der Waals surface area contributed by atoms with Gasteiger partial charge in [0, 0.05) is 36.3 Å². The maximum atomic E-state index is 11.9. The van der Waals surface area contributed by atoms with Crippen molar-refractivity contribution in [2.45, 2.75) is 71.1 Å². The summed E-state index contributed by atoms with van der Waals surface area (Å²) in [6.07, 6.45) is 7.12. The molecular formula is C30H36N2O4. The summed E-state index contributed by atoms with van der Waals surface area (Å²) in [7, 11) is 0. The van der Waals surface area contributed by atoms with Crippen molar-refractivity contribution in [2.75, 3.05) is 32.7 Å². The number of carbonyl (C=O) groups excluding carboxylic acids is 2. The third-order valence-corrected chi connectivity index (χ3v) is 9.28. The van der Waals surface area contributed by atoms with Crippen LogP contribution in [0.15, 0.2) is 24.3 Å². The van der Waals surface area contributed by atoms with Gasteiger partial charge in [-0.05, 0) is 99.8 Å². The van der Waals surface area contributed by atoms with E-state index >= 15 is 0 Å². The average molecular weight is 489 g/mol. The maximum Gasteiger partial charge on any atom is 0.338 e. The van der Waals surface area contributed by atoms with Crippen LogP contribution in [0.5, 0.6) is 0 Å². The quantitative estimate of drug-likeness (QED) is 0.563. The third kappa shape index (κ3) is 4.04. The Hall–Kier alpha value is -2.70.